The van der Waals surface area contributed by atoms with Crippen LogP contribution in [0.1, 0.15) is 232 Å². The van der Waals surface area contributed by atoms with E-state index in [1.165, 1.54) is 218 Å². The second-order valence-electron chi connectivity index (χ2n) is 12.5. The standard InChI is InChI=1S/C37H75/c1-3-5-7-9-11-13-15-17-19-21-23-25-27-29-31-33-35-37-36-34-32-30-28-26-24-22-20-18-16-14-12-10-8-6-4-2/h35H,3-34,36-37H2,1-2H3. The van der Waals surface area contributed by atoms with E-state index in [9.17, 15) is 0 Å². The van der Waals surface area contributed by atoms with Gasteiger partial charge in [-0.2, -0.15) is 0 Å². The van der Waals surface area contributed by atoms with Crippen molar-refractivity contribution in [3.63, 3.8) is 0 Å². The molecule has 0 bridgehead atoms. The molecule has 223 valence electrons. The molecule has 0 aliphatic heterocycles. The number of rotatable bonds is 34. The summed E-state index contributed by atoms with van der Waals surface area (Å²) in [6.45, 7) is 4.61. The highest BCUT2D eigenvalue weighted by Gasteiger charge is 1.97. The third-order valence-corrected chi connectivity index (χ3v) is 8.52. The van der Waals surface area contributed by atoms with Gasteiger partial charge in [-0.1, -0.05) is 232 Å². The van der Waals surface area contributed by atoms with Crippen molar-refractivity contribution in [2.45, 2.75) is 232 Å². The predicted octanol–water partition coefficient (Wildman–Crippen LogP) is 14.5. The van der Waals surface area contributed by atoms with Gasteiger partial charge in [-0.15, -0.1) is 0 Å². The van der Waals surface area contributed by atoms with E-state index in [1.807, 2.05) is 0 Å². The van der Waals surface area contributed by atoms with E-state index >= 15 is 0 Å². The molecular weight excluding hydrogens is 444 g/mol. The Labute approximate surface area is 238 Å². The van der Waals surface area contributed by atoms with Crippen LogP contribution in [0.3, 0.4) is 0 Å². The SMILES string of the molecule is CCCCCCCCCCCCCCCCC[CH]CCCCCCCCCCCCCCCCCCC. The molecule has 0 amide bonds. The monoisotopic (exact) mass is 520 g/mol. The van der Waals surface area contributed by atoms with Crippen molar-refractivity contribution >= 4 is 0 Å². The molecule has 0 N–H and O–H groups in total. The second-order valence-corrected chi connectivity index (χ2v) is 12.5. The molecule has 0 nitrogen and oxygen atoms in total. The molecule has 0 aliphatic rings. The average molecular weight is 520 g/mol. The van der Waals surface area contributed by atoms with Gasteiger partial charge >= 0.3 is 0 Å². The summed E-state index contributed by atoms with van der Waals surface area (Å²) in [7, 11) is 0. The molecule has 37 heavy (non-hydrogen) atoms. The zero-order valence-electron chi connectivity index (χ0n) is 26.6. The van der Waals surface area contributed by atoms with Gasteiger partial charge in [-0.3, -0.25) is 0 Å². The molecule has 0 saturated carbocycles. The Morgan fingerprint density at radius 1 is 0.216 bits per heavy atom. The van der Waals surface area contributed by atoms with Crippen molar-refractivity contribution in [3.8, 4) is 0 Å². The van der Waals surface area contributed by atoms with Crippen LogP contribution >= 0.6 is 0 Å². The maximum Gasteiger partial charge on any atom is -0.0386 e. The Bertz CT molecular complexity index is 325. The van der Waals surface area contributed by atoms with Crippen LogP contribution in [-0.4, -0.2) is 0 Å². The van der Waals surface area contributed by atoms with E-state index < -0.39 is 0 Å². The summed E-state index contributed by atoms with van der Waals surface area (Å²) in [5.74, 6) is 0. The molecule has 0 aromatic rings. The fraction of sp³-hybridized carbons (Fsp3) is 0.973. The Balaban J connectivity index is 3.00. The quantitative estimate of drug-likeness (QED) is 0.0741. The first-order chi connectivity index (χ1) is 18.4. The summed E-state index contributed by atoms with van der Waals surface area (Å²) < 4.78 is 0. The van der Waals surface area contributed by atoms with Crippen LogP contribution < -0.4 is 0 Å². The highest BCUT2D eigenvalue weighted by atomic mass is 14.0. The molecule has 1 radical (unpaired) electrons. The van der Waals surface area contributed by atoms with Gasteiger partial charge in [0.25, 0.3) is 0 Å². The van der Waals surface area contributed by atoms with Crippen molar-refractivity contribution in [2.75, 3.05) is 0 Å². The Morgan fingerprint density at radius 3 is 0.568 bits per heavy atom. The highest BCUT2D eigenvalue weighted by molar-refractivity contribution is 4.65. The van der Waals surface area contributed by atoms with E-state index in [4.69, 9.17) is 0 Å². The Hall–Kier alpha value is 0. The van der Waals surface area contributed by atoms with Crippen LogP contribution in [0.15, 0.2) is 0 Å². The van der Waals surface area contributed by atoms with Crippen molar-refractivity contribution < 1.29 is 0 Å². The highest BCUT2D eigenvalue weighted by Crippen LogP contribution is 2.16. The van der Waals surface area contributed by atoms with Gasteiger partial charge in [0.15, 0.2) is 0 Å². The number of unbranched alkanes of at least 4 members (excludes halogenated alkanes) is 34. The van der Waals surface area contributed by atoms with Crippen LogP contribution in [0, 0.1) is 6.42 Å². The first-order valence-electron chi connectivity index (χ1n) is 18.2. The normalized spacial score (nSPS) is 11.5. The zero-order valence-corrected chi connectivity index (χ0v) is 26.6. The lowest BCUT2D eigenvalue weighted by molar-refractivity contribution is 0.525. The minimum atomic E-state index is 1.37. The molecule has 0 heteroatoms. The molecular formula is C37H75. The molecule has 0 unspecified atom stereocenters. The zero-order chi connectivity index (χ0) is 26.7. The molecule has 0 aromatic heterocycles. The van der Waals surface area contributed by atoms with E-state index in [0.717, 1.165) is 0 Å². The van der Waals surface area contributed by atoms with Gasteiger partial charge in [0, 0.05) is 0 Å². The maximum atomic E-state index is 2.59. The average Bonchev–Trinajstić information content (AvgIpc) is 2.91. The molecule has 0 spiro atoms. The third-order valence-electron chi connectivity index (χ3n) is 8.52. The lowest BCUT2D eigenvalue weighted by Gasteiger charge is -2.04. The fourth-order valence-electron chi connectivity index (χ4n) is 5.82. The number of hydrogen-bond donors (Lipinski definition) is 0. The summed E-state index contributed by atoms with van der Waals surface area (Å²) >= 11 is 0. The molecule has 0 saturated heterocycles. The Morgan fingerprint density at radius 2 is 0.378 bits per heavy atom. The van der Waals surface area contributed by atoms with Gasteiger partial charge in [0.2, 0.25) is 0 Å². The molecule has 0 atom stereocenters. The molecule has 0 heterocycles. The molecule has 0 rings (SSSR count). The fourth-order valence-corrected chi connectivity index (χ4v) is 5.82. The summed E-state index contributed by atoms with van der Waals surface area (Å²) in [5, 5.41) is 0. The van der Waals surface area contributed by atoms with Crippen LogP contribution in [0.2, 0.25) is 0 Å². The summed E-state index contributed by atoms with van der Waals surface area (Å²) in [6, 6.07) is 0. The van der Waals surface area contributed by atoms with E-state index in [-0.39, 0.29) is 0 Å². The number of hydrogen-bond acceptors (Lipinski definition) is 0. The van der Waals surface area contributed by atoms with Crippen molar-refractivity contribution in [2.24, 2.45) is 0 Å². The first-order valence-corrected chi connectivity index (χ1v) is 18.2. The predicted molar refractivity (Wildman–Crippen MR) is 173 cm³/mol. The molecule has 0 aromatic carbocycles. The van der Waals surface area contributed by atoms with Gasteiger partial charge in [-0.25, -0.2) is 0 Å². The Kier molecular flexibility index (Phi) is 36.0. The van der Waals surface area contributed by atoms with Gasteiger partial charge in [0.05, 0.1) is 0 Å². The summed E-state index contributed by atoms with van der Waals surface area (Å²) in [5.41, 5.74) is 0. The second kappa shape index (κ2) is 36.0. The van der Waals surface area contributed by atoms with Crippen LogP contribution in [0.4, 0.5) is 0 Å². The van der Waals surface area contributed by atoms with Gasteiger partial charge in [-0.05, 0) is 6.42 Å². The van der Waals surface area contributed by atoms with Crippen molar-refractivity contribution in [1.29, 1.82) is 0 Å². The largest absolute Gasteiger partial charge is 0.0654 e. The third kappa shape index (κ3) is 36.0. The van der Waals surface area contributed by atoms with Crippen molar-refractivity contribution in [1.82, 2.24) is 0 Å². The topological polar surface area (TPSA) is 0 Å². The molecule has 0 fully saturated rings. The lowest BCUT2D eigenvalue weighted by atomic mass is 10.0. The summed E-state index contributed by atoms with van der Waals surface area (Å²) in [4.78, 5) is 0. The van der Waals surface area contributed by atoms with E-state index in [2.05, 4.69) is 20.3 Å². The smallest absolute Gasteiger partial charge is 0.0386 e. The lowest BCUT2D eigenvalue weighted by Crippen LogP contribution is -1.85. The van der Waals surface area contributed by atoms with Crippen LogP contribution in [0.5, 0.6) is 0 Å². The van der Waals surface area contributed by atoms with Crippen LogP contribution in [0.25, 0.3) is 0 Å². The van der Waals surface area contributed by atoms with Crippen molar-refractivity contribution in [3.05, 3.63) is 6.42 Å². The van der Waals surface area contributed by atoms with Crippen LogP contribution in [-0.2, 0) is 0 Å². The minimum Gasteiger partial charge on any atom is -0.0654 e. The molecule has 0 aliphatic carbocycles. The first kappa shape index (κ1) is 37.0. The van der Waals surface area contributed by atoms with Gasteiger partial charge < -0.3 is 0 Å². The minimum absolute atomic E-state index is 1.37. The summed E-state index contributed by atoms with van der Waals surface area (Å²) in [6.07, 6.45) is 52.4. The maximum absolute atomic E-state index is 2.59. The van der Waals surface area contributed by atoms with E-state index in [0.29, 0.717) is 0 Å². The van der Waals surface area contributed by atoms with Gasteiger partial charge in [0.1, 0.15) is 0 Å². The van der Waals surface area contributed by atoms with E-state index in [1.54, 1.807) is 0 Å².